The first-order valence-electron chi connectivity index (χ1n) is 7.40. The van der Waals surface area contributed by atoms with E-state index in [4.69, 9.17) is 42.5 Å². The number of aliphatic hydroxyl groups excluding tert-OH is 4. The van der Waals surface area contributed by atoms with Gasteiger partial charge in [0.1, 0.15) is 36.6 Å². The Morgan fingerprint density at radius 2 is 1.85 bits per heavy atom. The SMILES string of the molecule is COc1c(Cl)ccc(Cl)c1C(=O)OC[C@]1(O)O[C@H](CO)[C@@H](O)[C@H](O)[C@@H]1O. The molecule has 1 heterocycles. The summed E-state index contributed by atoms with van der Waals surface area (Å²) in [6.45, 7) is -1.69. The number of rotatable bonds is 5. The van der Waals surface area contributed by atoms with Gasteiger partial charge in [-0.05, 0) is 12.1 Å². The number of halogens is 2. The molecule has 1 saturated heterocycles. The van der Waals surface area contributed by atoms with E-state index in [1.165, 1.54) is 19.2 Å². The standard InChI is InChI=1S/C15H18Cl2O9/c1-24-12-7(17)3-2-6(16)9(12)14(22)25-5-15(23)13(21)11(20)10(19)8(4-18)26-15/h2-3,8,10-11,13,18-21,23H,4-5H2,1H3/t8-,10-,11+,13+,15+/m1/s1. The molecular weight excluding hydrogens is 395 g/mol. The largest absolute Gasteiger partial charge is 0.494 e. The van der Waals surface area contributed by atoms with Gasteiger partial charge in [0.2, 0.25) is 5.79 Å². The average molecular weight is 413 g/mol. The third kappa shape index (κ3) is 3.90. The fourth-order valence-corrected chi connectivity index (χ4v) is 2.96. The second-order valence-corrected chi connectivity index (χ2v) is 6.44. The van der Waals surface area contributed by atoms with Gasteiger partial charge in [0.15, 0.2) is 5.75 Å². The van der Waals surface area contributed by atoms with Crippen molar-refractivity contribution in [1.82, 2.24) is 0 Å². The van der Waals surface area contributed by atoms with Gasteiger partial charge in [-0.15, -0.1) is 0 Å². The van der Waals surface area contributed by atoms with Crippen LogP contribution in [-0.4, -0.2) is 82.0 Å². The highest BCUT2D eigenvalue weighted by molar-refractivity contribution is 6.37. The van der Waals surface area contributed by atoms with Crippen LogP contribution < -0.4 is 4.74 Å². The Kier molecular flexibility index (Phi) is 6.70. The minimum atomic E-state index is -2.57. The Labute approximate surface area is 158 Å². The number of ether oxygens (including phenoxy) is 3. The summed E-state index contributed by atoms with van der Waals surface area (Å²) in [4.78, 5) is 12.3. The minimum Gasteiger partial charge on any atom is -0.494 e. The lowest BCUT2D eigenvalue weighted by molar-refractivity contribution is -0.357. The molecule has 1 aliphatic heterocycles. The number of carbonyl (C=O) groups excluding carboxylic acids is 1. The number of carbonyl (C=O) groups is 1. The maximum absolute atomic E-state index is 12.3. The maximum atomic E-state index is 12.3. The molecule has 0 spiro atoms. The Morgan fingerprint density at radius 1 is 1.23 bits per heavy atom. The zero-order chi connectivity index (χ0) is 19.6. The Bertz CT molecular complexity index is 669. The highest BCUT2D eigenvalue weighted by Gasteiger charge is 2.53. The number of hydrogen-bond acceptors (Lipinski definition) is 9. The van der Waals surface area contributed by atoms with Crippen molar-refractivity contribution in [2.75, 3.05) is 20.3 Å². The summed E-state index contributed by atoms with van der Waals surface area (Å²) in [5.74, 6) is -3.66. The van der Waals surface area contributed by atoms with Crippen molar-refractivity contribution >= 4 is 29.2 Å². The van der Waals surface area contributed by atoms with Crippen molar-refractivity contribution < 1.29 is 44.5 Å². The minimum absolute atomic E-state index is 0.0305. The molecule has 1 aromatic rings. The second kappa shape index (κ2) is 8.24. The van der Waals surface area contributed by atoms with Crippen LogP contribution in [0.25, 0.3) is 0 Å². The molecule has 9 nitrogen and oxygen atoms in total. The van der Waals surface area contributed by atoms with Crippen molar-refractivity contribution in [3.8, 4) is 5.75 Å². The molecule has 5 N–H and O–H groups in total. The van der Waals surface area contributed by atoms with Crippen molar-refractivity contribution in [2.45, 2.75) is 30.2 Å². The summed E-state index contributed by atoms with van der Waals surface area (Å²) >= 11 is 11.9. The molecule has 0 aromatic heterocycles. The first-order chi connectivity index (χ1) is 12.2. The third-order valence-electron chi connectivity index (χ3n) is 3.93. The fourth-order valence-electron chi connectivity index (χ4n) is 2.50. The van der Waals surface area contributed by atoms with Crippen LogP contribution in [0.2, 0.25) is 10.0 Å². The highest BCUT2D eigenvalue weighted by Crippen LogP contribution is 2.35. The molecular formula is C15H18Cl2O9. The molecule has 5 atom stereocenters. The smallest absolute Gasteiger partial charge is 0.343 e. The fraction of sp³-hybridized carbons (Fsp3) is 0.533. The quantitative estimate of drug-likeness (QED) is 0.397. The number of aliphatic hydroxyl groups is 5. The van der Waals surface area contributed by atoms with E-state index in [0.29, 0.717) is 0 Å². The molecule has 0 amide bonds. The Balaban J connectivity index is 2.20. The first-order valence-corrected chi connectivity index (χ1v) is 8.16. The number of esters is 1. The molecule has 1 aliphatic rings. The normalized spacial score (nSPS) is 31.5. The molecule has 26 heavy (non-hydrogen) atoms. The van der Waals surface area contributed by atoms with Gasteiger partial charge >= 0.3 is 5.97 Å². The summed E-state index contributed by atoms with van der Waals surface area (Å²) < 4.78 is 14.9. The molecule has 11 heteroatoms. The van der Waals surface area contributed by atoms with Crippen molar-refractivity contribution in [3.63, 3.8) is 0 Å². The number of methoxy groups -OCH3 is 1. The summed E-state index contributed by atoms with van der Waals surface area (Å²) in [6, 6.07) is 2.75. The zero-order valence-electron chi connectivity index (χ0n) is 13.5. The predicted octanol–water partition coefficient (Wildman–Crippen LogP) is -0.679. The van der Waals surface area contributed by atoms with E-state index in [0.717, 1.165) is 0 Å². The molecule has 1 aromatic carbocycles. The van der Waals surface area contributed by atoms with Gasteiger partial charge in [0, 0.05) is 0 Å². The monoisotopic (exact) mass is 412 g/mol. The second-order valence-electron chi connectivity index (χ2n) is 5.62. The topological polar surface area (TPSA) is 146 Å². The van der Waals surface area contributed by atoms with Crippen LogP contribution in [0.15, 0.2) is 12.1 Å². The van der Waals surface area contributed by atoms with Crippen molar-refractivity contribution in [3.05, 3.63) is 27.7 Å². The first kappa shape index (κ1) is 21.1. The van der Waals surface area contributed by atoms with E-state index in [9.17, 15) is 25.2 Å². The zero-order valence-corrected chi connectivity index (χ0v) is 15.0. The van der Waals surface area contributed by atoms with E-state index in [-0.39, 0.29) is 21.4 Å². The van der Waals surface area contributed by atoms with Gasteiger partial charge in [-0.3, -0.25) is 0 Å². The summed E-state index contributed by atoms with van der Waals surface area (Å²) in [7, 11) is 1.26. The Hall–Kier alpha value is -1.17. The van der Waals surface area contributed by atoms with Gasteiger partial charge in [-0.2, -0.15) is 0 Å². The molecule has 0 bridgehead atoms. The summed E-state index contributed by atoms with van der Waals surface area (Å²) in [6.07, 6.45) is -6.89. The molecule has 0 saturated carbocycles. The number of hydrogen-bond donors (Lipinski definition) is 5. The highest BCUT2D eigenvalue weighted by atomic mass is 35.5. The van der Waals surface area contributed by atoms with E-state index in [2.05, 4.69) is 0 Å². The van der Waals surface area contributed by atoms with E-state index >= 15 is 0 Å². The van der Waals surface area contributed by atoms with Gasteiger partial charge in [0.25, 0.3) is 0 Å². The number of benzene rings is 1. The average Bonchev–Trinajstić information content (AvgIpc) is 2.62. The van der Waals surface area contributed by atoms with E-state index in [1.54, 1.807) is 0 Å². The summed E-state index contributed by atoms with van der Waals surface area (Å²) in [5, 5.41) is 48.9. The van der Waals surface area contributed by atoms with Crippen molar-refractivity contribution in [2.24, 2.45) is 0 Å². The van der Waals surface area contributed by atoms with Gasteiger partial charge in [-0.25, -0.2) is 4.79 Å². The lowest BCUT2D eigenvalue weighted by Crippen LogP contribution is -2.66. The van der Waals surface area contributed by atoms with Gasteiger partial charge in [-0.1, -0.05) is 23.2 Å². The van der Waals surface area contributed by atoms with E-state index in [1.807, 2.05) is 0 Å². The Morgan fingerprint density at radius 3 is 2.42 bits per heavy atom. The maximum Gasteiger partial charge on any atom is 0.343 e. The van der Waals surface area contributed by atoms with Crippen LogP contribution in [0.5, 0.6) is 5.75 Å². The molecule has 0 radical (unpaired) electrons. The van der Waals surface area contributed by atoms with Crippen LogP contribution in [0.1, 0.15) is 10.4 Å². The van der Waals surface area contributed by atoms with Crippen LogP contribution in [0.4, 0.5) is 0 Å². The molecule has 0 unspecified atom stereocenters. The van der Waals surface area contributed by atoms with Crippen LogP contribution in [0, 0.1) is 0 Å². The lowest BCUT2D eigenvalue weighted by Gasteiger charge is -2.44. The molecule has 1 fully saturated rings. The van der Waals surface area contributed by atoms with Gasteiger partial charge < -0.3 is 39.7 Å². The van der Waals surface area contributed by atoms with Crippen molar-refractivity contribution in [1.29, 1.82) is 0 Å². The summed E-state index contributed by atoms with van der Waals surface area (Å²) in [5.41, 5.74) is -0.213. The third-order valence-corrected chi connectivity index (χ3v) is 4.54. The van der Waals surface area contributed by atoms with Crippen LogP contribution >= 0.6 is 23.2 Å². The van der Waals surface area contributed by atoms with Gasteiger partial charge in [0.05, 0.1) is 23.8 Å². The molecule has 0 aliphatic carbocycles. The molecule has 2 rings (SSSR count). The predicted molar refractivity (Wildman–Crippen MR) is 88.2 cm³/mol. The van der Waals surface area contributed by atoms with E-state index < -0.39 is 49.4 Å². The lowest BCUT2D eigenvalue weighted by atomic mass is 9.93. The van der Waals surface area contributed by atoms with Crippen LogP contribution in [-0.2, 0) is 9.47 Å². The van der Waals surface area contributed by atoms with Crippen LogP contribution in [0.3, 0.4) is 0 Å². The molecule has 146 valence electrons.